The van der Waals surface area contributed by atoms with Crippen molar-refractivity contribution in [3.8, 4) is 0 Å². The van der Waals surface area contributed by atoms with E-state index in [0.717, 1.165) is 23.6 Å². The Balaban J connectivity index is 2.40. The molecule has 0 aromatic rings. The summed E-state index contributed by atoms with van der Waals surface area (Å²) >= 11 is 6.64. The number of carbonyl (C=O) groups is 1. The maximum atomic E-state index is 11.2. The van der Waals surface area contributed by atoms with Crippen LogP contribution in [-0.4, -0.2) is 34.3 Å². The summed E-state index contributed by atoms with van der Waals surface area (Å²) in [6.07, 6.45) is 2.78. The third kappa shape index (κ3) is 2.45. The Morgan fingerprint density at radius 3 is 2.75 bits per heavy atom. The minimum atomic E-state index is 0.139. The molecule has 1 rings (SSSR count). The average molecular weight is 203 g/mol. The lowest BCUT2D eigenvalue weighted by molar-refractivity contribution is -0.116. The van der Waals surface area contributed by atoms with Crippen molar-refractivity contribution in [3.63, 3.8) is 0 Å². The molecule has 2 nitrogen and oxygen atoms in total. The lowest BCUT2D eigenvalue weighted by atomic mass is 10.3. The molecule has 1 aliphatic carbocycles. The maximum Gasteiger partial charge on any atom is 0.146 e. The zero-order valence-electron chi connectivity index (χ0n) is 7.37. The first-order chi connectivity index (χ1) is 5.61. The van der Waals surface area contributed by atoms with Gasteiger partial charge in [-0.15, -0.1) is 0 Å². The molecule has 68 valence electrons. The summed E-state index contributed by atoms with van der Waals surface area (Å²) in [6, 6.07) is 0. The molecule has 1 atom stereocenters. The smallest absolute Gasteiger partial charge is 0.146 e. The van der Waals surface area contributed by atoms with Crippen LogP contribution in [0.15, 0.2) is 0 Å². The van der Waals surface area contributed by atoms with Crippen molar-refractivity contribution in [2.75, 3.05) is 14.1 Å². The Bertz CT molecular complexity index is 203. The van der Waals surface area contributed by atoms with Gasteiger partial charge in [0.1, 0.15) is 10.1 Å². The van der Waals surface area contributed by atoms with Crippen LogP contribution in [0.1, 0.15) is 19.3 Å². The van der Waals surface area contributed by atoms with Gasteiger partial charge in [-0.2, -0.15) is 0 Å². The third-order valence-corrected chi connectivity index (χ3v) is 3.86. The van der Waals surface area contributed by atoms with Crippen molar-refractivity contribution in [3.05, 3.63) is 0 Å². The first-order valence-electron chi connectivity index (χ1n) is 4.02. The molecule has 0 N–H and O–H groups in total. The minimum Gasteiger partial charge on any atom is -0.364 e. The number of hydrogen-bond acceptors (Lipinski definition) is 3. The van der Waals surface area contributed by atoms with Gasteiger partial charge < -0.3 is 4.90 Å². The second-order valence-corrected chi connectivity index (χ2v) is 4.96. The van der Waals surface area contributed by atoms with Crippen molar-refractivity contribution in [2.45, 2.75) is 24.5 Å². The molecule has 0 aromatic carbocycles. The van der Waals surface area contributed by atoms with E-state index in [1.54, 1.807) is 0 Å². The maximum absolute atomic E-state index is 11.2. The van der Waals surface area contributed by atoms with Crippen LogP contribution in [0, 0.1) is 0 Å². The largest absolute Gasteiger partial charge is 0.364 e. The van der Waals surface area contributed by atoms with Crippen LogP contribution in [0.4, 0.5) is 0 Å². The second kappa shape index (κ2) is 4.23. The first-order valence-corrected chi connectivity index (χ1v) is 5.30. The standard InChI is InChI=1S/C8H13NOS2/c1-9(2)8(11)12-7-5-3-4-6(7)10/h7H,3-5H2,1-2H3. The molecule has 0 radical (unpaired) electrons. The Kier molecular flexibility index (Phi) is 3.53. The van der Waals surface area contributed by atoms with Gasteiger partial charge in [0, 0.05) is 20.5 Å². The molecule has 0 saturated heterocycles. The molecule has 0 heterocycles. The van der Waals surface area contributed by atoms with Crippen LogP contribution in [0.3, 0.4) is 0 Å². The summed E-state index contributed by atoms with van der Waals surface area (Å²) in [7, 11) is 3.82. The number of Topliss-reactive ketones (excluding diaryl/α,β-unsaturated/α-hetero) is 1. The normalized spacial score (nSPS) is 22.8. The van der Waals surface area contributed by atoms with Gasteiger partial charge in [0.25, 0.3) is 0 Å². The number of rotatable bonds is 1. The van der Waals surface area contributed by atoms with Crippen molar-refractivity contribution < 1.29 is 4.79 Å². The molecule has 1 aliphatic rings. The molecule has 1 fully saturated rings. The van der Waals surface area contributed by atoms with Gasteiger partial charge in [0.05, 0.1) is 5.25 Å². The molecule has 12 heavy (non-hydrogen) atoms. The van der Waals surface area contributed by atoms with E-state index in [1.165, 1.54) is 11.8 Å². The van der Waals surface area contributed by atoms with E-state index < -0.39 is 0 Å². The number of carbonyl (C=O) groups excluding carboxylic acids is 1. The molecule has 0 spiro atoms. The number of nitrogens with zero attached hydrogens (tertiary/aromatic N) is 1. The van der Waals surface area contributed by atoms with Crippen molar-refractivity contribution in [2.24, 2.45) is 0 Å². The highest BCUT2D eigenvalue weighted by Crippen LogP contribution is 2.27. The summed E-state index contributed by atoms with van der Waals surface area (Å²) < 4.78 is 0.815. The van der Waals surface area contributed by atoms with E-state index in [9.17, 15) is 4.79 Å². The van der Waals surface area contributed by atoms with Crippen LogP contribution in [0.2, 0.25) is 0 Å². The number of thiocarbonyl (C=S) groups is 1. The van der Waals surface area contributed by atoms with Crippen molar-refractivity contribution in [1.82, 2.24) is 4.90 Å². The fourth-order valence-electron chi connectivity index (χ4n) is 1.14. The summed E-state index contributed by atoms with van der Waals surface area (Å²) in [6.45, 7) is 0. The van der Waals surface area contributed by atoms with Gasteiger partial charge in [-0.3, -0.25) is 4.79 Å². The monoisotopic (exact) mass is 203 g/mol. The quantitative estimate of drug-likeness (QED) is 0.604. The summed E-state index contributed by atoms with van der Waals surface area (Å²) in [5.41, 5.74) is 0. The minimum absolute atomic E-state index is 0.139. The molecule has 4 heteroatoms. The molecular formula is C8H13NOS2. The highest BCUT2D eigenvalue weighted by atomic mass is 32.2. The van der Waals surface area contributed by atoms with Crippen molar-refractivity contribution in [1.29, 1.82) is 0 Å². The van der Waals surface area contributed by atoms with Crippen LogP contribution < -0.4 is 0 Å². The zero-order valence-corrected chi connectivity index (χ0v) is 9.00. The highest BCUT2D eigenvalue weighted by Gasteiger charge is 2.26. The predicted octanol–water partition coefficient (Wildman–Crippen LogP) is 1.69. The van der Waals surface area contributed by atoms with E-state index in [-0.39, 0.29) is 5.25 Å². The SMILES string of the molecule is CN(C)C(=S)SC1CCCC1=O. The summed E-state index contributed by atoms with van der Waals surface area (Å²) in [5, 5.41) is 0.139. The Morgan fingerprint density at radius 1 is 1.67 bits per heavy atom. The fraction of sp³-hybridized carbons (Fsp3) is 0.750. The second-order valence-electron chi connectivity index (χ2n) is 3.13. The Hall–Kier alpha value is -0.0900. The van der Waals surface area contributed by atoms with E-state index in [2.05, 4.69) is 0 Å². The van der Waals surface area contributed by atoms with Gasteiger partial charge in [-0.25, -0.2) is 0 Å². The molecule has 0 bridgehead atoms. The van der Waals surface area contributed by atoms with Gasteiger partial charge >= 0.3 is 0 Å². The lowest BCUT2D eigenvalue weighted by Gasteiger charge is -2.15. The molecule has 0 aromatic heterocycles. The molecule has 0 aliphatic heterocycles. The fourth-order valence-corrected chi connectivity index (χ4v) is 2.47. The predicted molar refractivity (Wildman–Crippen MR) is 56.5 cm³/mol. The molecule has 1 saturated carbocycles. The number of ketones is 1. The number of hydrogen-bond donors (Lipinski definition) is 0. The van der Waals surface area contributed by atoms with E-state index in [4.69, 9.17) is 12.2 Å². The summed E-state index contributed by atoms with van der Waals surface area (Å²) in [5.74, 6) is 0.365. The average Bonchev–Trinajstić information content (AvgIpc) is 2.36. The van der Waals surface area contributed by atoms with Crippen LogP contribution in [0.5, 0.6) is 0 Å². The summed E-state index contributed by atoms with van der Waals surface area (Å²) in [4.78, 5) is 13.1. The van der Waals surface area contributed by atoms with Crippen LogP contribution >= 0.6 is 24.0 Å². The lowest BCUT2D eigenvalue weighted by Crippen LogP contribution is -2.21. The zero-order chi connectivity index (χ0) is 9.14. The van der Waals surface area contributed by atoms with Crippen molar-refractivity contribution >= 4 is 34.1 Å². The molecule has 0 amide bonds. The molecular weight excluding hydrogens is 190 g/mol. The van der Waals surface area contributed by atoms with E-state index >= 15 is 0 Å². The van der Waals surface area contributed by atoms with Gasteiger partial charge in [0.2, 0.25) is 0 Å². The first kappa shape index (κ1) is 9.99. The topological polar surface area (TPSA) is 20.3 Å². The number of thioether (sulfide) groups is 1. The van der Waals surface area contributed by atoms with E-state index in [1.807, 2.05) is 19.0 Å². The van der Waals surface area contributed by atoms with Crippen LogP contribution in [-0.2, 0) is 4.79 Å². The highest BCUT2D eigenvalue weighted by molar-refractivity contribution is 8.23. The van der Waals surface area contributed by atoms with Crippen LogP contribution in [0.25, 0.3) is 0 Å². The van der Waals surface area contributed by atoms with Gasteiger partial charge in [-0.05, 0) is 12.8 Å². The Labute approximate surface area is 82.7 Å². The molecule has 1 unspecified atom stereocenters. The van der Waals surface area contributed by atoms with E-state index in [0.29, 0.717) is 5.78 Å². The third-order valence-electron chi connectivity index (χ3n) is 1.86. The van der Waals surface area contributed by atoms with Gasteiger partial charge in [-0.1, -0.05) is 24.0 Å². The van der Waals surface area contributed by atoms with Gasteiger partial charge in [0.15, 0.2) is 0 Å². The Morgan fingerprint density at radius 2 is 2.33 bits per heavy atom.